The highest BCUT2D eigenvalue weighted by atomic mass is 32.2. The van der Waals surface area contributed by atoms with Crippen LogP contribution in [-0.2, 0) is 11.3 Å². The Kier molecular flexibility index (Phi) is 8.00. The third-order valence-corrected chi connectivity index (χ3v) is 3.63. The smallest absolute Gasteiger partial charge is 0.320 e. The van der Waals surface area contributed by atoms with E-state index in [-0.39, 0.29) is 0 Å². The Hall–Kier alpha value is -1.40. The molecule has 0 saturated heterocycles. The standard InChI is InChI=1S/C15H23NO4S/c1-4-20-13-6-5-11(9-14(13)19-2)10-16-12(15(17)18)7-8-21-3/h5-6,9,12,16H,4,7-8,10H2,1-3H3,(H,17,18). The summed E-state index contributed by atoms with van der Waals surface area (Å²) in [5, 5.41) is 12.2. The summed E-state index contributed by atoms with van der Waals surface area (Å²) >= 11 is 1.64. The number of methoxy groups -OCH3 is 1. The predicted molar refractivity (Wildman–Crippen MR) is 85.4 cm³/mol. The van der Waals surface area contributed by atoms with E-state index in [4.69, 9.17) is 9.47 Å². The van der Waals surface area contributed by atoms with E-state index in [2.05, 4.69) is 5.32 Å². The van der Waals surface area contributed by atoms with Gasteiger partial charge in [0.1, 0.15) is 6.04 Å². The lowest BCUT2D eigenvalue weighted by atomic mass is 10.1. The molecule has 0 aromatic heterocycles. The van der Waals surface area contributed by atoms with Gasteiger partial charge >= 0.3 is 5.97 Å². The highest BCUT2D eigenvalue weighted by Crippen LogP contribution is 2.28. The highest BCUT2D eigenvalue weighted by molar-refractivity contribution is 7.98. The molecule has 0 amide bonds. The van der Waals surface area contributed by atoms with Crippen LogP contribution in [0.15, 0.2) is 18.2 Å². The van der Waals surface area contributed by atoms with Gasteiger partial charge in [0.05, 0.1) is 13.7 Å². The molecule has 6 heteroatoms. The summed E-state index contributed by atoms with van der Waals surface area (Å²) < 4.78 is 10.7. The summed E-state index contributed by atoms with van der Waals surface area (Å²) in [5.74, 6) is 1.35. The van der Waals surface area contributed by atoms with E-state index in [9.17, 15) is 9.90 Å². The fraction of sp³-hybridized carbons (Fsp3) is 0.533. The first-order chi connectivity index (χ1) is 10.1. The van der Waals surface area contributed by atoms with Gasteiger partial charge in [0.15, 0.2) is 11.5 Å². The average Bonchev–Trinajstić information content (AvgIpc) is 2.48. The molecule has 1 aromatic rings. The van der Waals surface area contributed by atoms with E-state index < -0.39 is 12.0 Å². The molecule has 0 fully saturated rings. The van der Waals surface area contributed by atoms with Gasteiger partial charge < -0.3 is 19.9 Å². The van der Waals surface area contributed by atoms with E-state index in [1.165, 1.54) is 0 Å². The molecule has 1 rings (SSSR count). The van der Waals surface area contributed by atoms with E-state index in [1.807, 2.05) is 31.4 Å². The summed E-state index contributed by atoms with van der Waals surface area (Å²) in [6, 6.07) is 5.09. The summed E-state index contributed by atoms with van der Waals surface area (Å²) in [6.07, 6.45) is 2.57. The van der Waals surface area contributed by atoms with Gasteiger partial charge in [-0.2, -0.15) is 11.8 Å². The van der Waals surface area contributed by atoms with Gasteiger partial charge in [-0.3, -0.25) is 4.79 Å². The Labute approximate surface area is 130 Å². The van der Waals surface area contributed by atoms with Crippen LogP contribution in [-0.4, -0.2) is 42.8 Å². The van der Waals surface area contributed by atoms with Crippen LogP contribution in [0.2, 0.25) is 0 Å². The molecule has 0 bridgehead atoms. The van der Waals surface area contributed by atoms with Crippen LogP contribution < -0.4 is 14.8 Å². The summed E-state index contributed by atoms with van der Waals surface area (Å²) in [4.78, 5) is 11.2. The lowest BCUT2D eigenvalue weighted by Crippen LogP contribution is -2.36. The van der Waals surface area contributed by atoms with Crippen molar-refractivity contribution < 1.29 is 19.4 Å². The number of ether oxygens (including phenoxy) is 2. The zero-order valence-electron chi connectivity index (χ0n) is 12.7. The number of rotatable bonds is 10. The minimum Gasteiger partial charge on any atom is -0.493 e. The van der Waals surface area contributed by atoms with E-state index in [1.54, 1.807) is 18.9 Å². The van der Waals surface area contributed by atoms with Crippen molar-refractivity contribution in [2.75, 3.05) is 25.7 Å². The Bertz CT molecular complexity index is 453. The molecular formula is C15H23NO4S. The SMILES string of the molecule is CCOc1ccc(CNC(CCSC)C(=O)O)cc1OC. The Morgan fingerprint density at radius 2 is 2.19 bits per heavy atom. The number of hydrogen-bond acceptors (Lipinski definition) is 5. The van der Waals surface area contributed by atoms with Crippen molar-refractivity contribution in [2.24, 2.45) is 0 Å². The zero-order valence-corrected chi connectivity index (χ0v) is 13.5. The summed E-state index contributed by atoms with van der Waals surface area (Å²) in [7, 11) is 1.59. The van der Waals surface area contributed by atoms with Crippen molar-refractivity contribution in [3.63, 3.8) is 0 Å². The zero-order chi connectivity index (χ0) is 15.7. The van der Waals surface area contributed by atoms with Gasteiger partial charge in [0, 0.05) is 6.54 Å². The molecule has 21 heavy (non-hydrogen) atoms. The van der Waals surface area contributed by atoms with Crippen molar-refractivity contribution in [3.8, 4) is 11.5 Å². The second kappa shape index (κ2) is 9.52. The molecule has 1 unspecified atom stereocenters. The minimum atomic E-state index is -0.818. The largest absolute Gasteiger partial charge is 0.493 e. The topological polar surface area (TPSA) is 67.8 Å². The van der Waals surface area contributed by atoms with Crippen LogP contribution in [0.4, 0.5) is 0 Å². The van der Waals surface area contributed by atoms with Gasteiger partial charge in [0.2, 0.25) is 0 Å². The fourth-order valence-electron chi connectivity index (χ4n) is 1.89. The van der Waals surface area contributed by atoms with Gasteiger partial charge in [-0.25, -0.2) is 0 Å². The number of nitrogens with one attached hydrogen (secondary N) is 1. The molecule has 0 aliphatic heterocycles. The van der Waals surface area contributed by atoms with Crippen molar-refractivity contribution in [1.82, 2.24) is 5.32 Å². The maximum atomic E-state index is 11.2. The number of carbonyl (C=O) groups is 1. The van der Waals surface area contributed by atoms with Crippen LogP contribution in [0.5, 0.6) is 11.5 Å². The lowest BCUT2D eigenvalue weighted by Gasteiger charge is -2.15. The van der Waals surface area contributed by atoms with E-state index >= 15 is 0 Å². The van der Waals surface area contributed by atoms with Gasteiger partial charge in [-0.15, -0.1) is 0 Å². The quantitative estimate of drug-likeness (QED) is 0.691. The van der Waals surface area contributed by atoms with Crippen molar-refractivity contribution in [3.05, 3.63) is 23.8 Å². The first kappa shape index (κ1) is 17.7. The number of carboxylic acid groups (broad SMARTS) is 1. The number of aliphatic carboxylic acids is 1. The molecular weight excluding hydrogens is 290 g/mol. The summed E-state index contributed by atoms with van der Waals surface area (Å²) in [5.41, 5.74) is 0.964. The van der Waals surface area contributed by atoms with Crippen LogP contribution in [0, 0.1) is 0 Å². The Morgan fingerprint density at radius 1 is 1.43 bits per heavy atom. The Morgan fingerprint density at radius 3 is 2.76 bits per heavy atom. The first-order valence-corrected chi connectivity index (χ1v) is 8.26. The molecule has 0 saturated carbocycles. The molecule has 5 nitrogen and oxygen atoms in total. The van der Waals surface area contributed by atoms with Crippen LogP contribution >= 0.6 is 11.8 Å². The molecule has 118 valence electrons. The number of carboxylic acids is 1. The fourth-order valence-corrected chi connectivity index (χ4v) is 2.36. The first-order valence-electron chi connectivity index (χ1n) is 6.87. The number of thioether (sulfide) groups is 1. The molecule has 0 aliphatic carbocycles. The second-order valence-electron chi connectivity index (χ2n) is 4.47. The minimum absolute atomic E-state index is 0.480. The summed E-state index contributed by atoms with van der Waals surface area (Å²) in [6.45, 7) is 2.97. The maximum Gasteiger partial charge on any atom is 0.320 e. The van der Waals surface area contributed by atoms with Crippen molar-refractivity contribution in [2.45, 2.75) is 25.9 Å². The van der Waals surface area contributed by atoms with Gasteiger partial charge in [-0.05, 0) is 43.0 Å². The van der Waals surface area contributed by atoms with Gasteiger partial charge in [-0.1, -0.05) is 6.07 Å². The molecule has 0 aliphatic rings. The normalized spacial score (nSPS) is 12.0. The van der Waals surface area contributed by atoms with Gasteiger partial charge in [0.25, 0.3) is 0 Å². The van der Waals surface area contributed by atoms with E-state index in [0.29, 0.717) is 31.1 Å². The second-order valence-corrected chi connectivity index (χ2v) is 5.46. The van der Waals surface area contributed by atoms with Crippen molar-refractivity contribution >= 4 is 17.7 Å². The molecule has 1 aromatic carbocycles. The molecule has 0 heterocycles. The monoisotopic (exact) mass is 313 g/mol. The number of benzene rings is 1. The van der Waals surface area contributed by atoms with Crippen LogP contribution in [0.1, 0.15) is 18.9 Å². The third kappa shape index (κ3) is 5.85. The molecule has 2 N–H and O–H groups in total. The lowest BCUT2D eigenvalue weighted by molar-refractivity contribution is -0.139. The maximum absolute atomic E-state index is 11.2. The molecule has 0 spiro atoms. The highest BCUT2D eigenvalue weighted by Gasteiger charge is 2.16. The van der Waals surface area contributed by atoms with Crippen LogP contribution in [0.25, 0.3) is 0 Å². The average molecular weight is 313 g/mol. The number of hydrogen-bond donors (Lipinski definition) is 2. The van der Waals surface area contributed by atoms with Crippen molar-refractivity contribution in [1.29, 1.82) is 0 Å². The third-order valence-electron chi connectivity index (χ3n) is 2.99. The molecule has 1 atom stereocenters. The van der Waals surface area contributed by atoms with Crippen LogP contribution in [0.3, 0.4) is 0 Å². The Balaban J connectivity index is 2.67. The predicted octanol–water partition coefficient (Wildman–Crippen LogP) is 2.39. The molecule has 0 radical (unpaired) electrons. The van der Waals surface area contributed by atoms with E-state index in [0.717, 1.165) is 11.3 Å².